The van der Waals surface area contributed by atoms with Crippen molar-refractivity contribution in [3.63, 3.8) is 0 Å². The van der Waals surface area contributed by atoms with E-state index in [-0.39, 0.29) is 32.7 Å². The van der Waals surface area contributed by atoms with Gasteiger partial charge in [0.25, 0.3) is 0 Å². The van der Waals surface area contributed by atoms with E-state index >= 15 is 0 Å². The minimum absolute atomic E-state index is 0. The fraction of sp³-hybridized carbons (Fsp3) is 0.900. The molecule has 7 heteroatoms. The summed E-state index contributed by atoms with van der Waals surface area (Å²) >= 11 is 0. The predicted molar refractivity (Wildman–Crippen MR) is 143 cm³/mol. The van der Waals surface area contributed by atoms with Gasteiger partial charge in [0, 0.05) is 34.2 Å². The maximum atomic E-state index is 10.7. The molecule has 6 nitrogen and oxygen atoms in total. The summed E-state index contributed by atoms with van der Waals surface area (Å²) in [6.45, 7) is 17.4. The van der Waals surface area contributed by atoms with Crippen molar-refractivity contribution >= 4 is 17.9 Å². The van der Waals surface area contributed by atoms with Crippen LogP contribution in [0.3, 0.4) is 0 Å². The molecule has 0 saturated heterocycles. The summed E-state index contributed by atoms with van der Waals surface area (Å²) in [5.41, 5.74) is -1.81. The van der Waals surface area contributed by atoms with Gasteiger partial charge in [-0.15, -0.1) is 0 Å². The van der Waals surface area contributed by atoms with E-state index < -0.39 is 34.2 Å². The third-order valence-corrected chi connectivity index (χ3v) is 7.82. The molecule has 0 saturated carbocycles. The van der Waals surface area contributed by atoms with Gasteiger partial charge in [0.2, 0.25) is 0 Å². The molecule has 0 aliphatic carbocycles. The van der Waals surface area contributed by atoms with Gasteiger partial charge in [0.05, 0.1) is 0 Å². The van der Waals surface area contributed by atoms with Gasteiger partial charge < -0.3 is 29.7 Å². The number of hydrogen-bond acceptors (Lipinski definition) is 6. The molecule has 0 heterocycles. The molecule has 216 valence electrons. The third-order valence-electron chi connectivity index (χ3n) is 7.82. The maximum Gasteiger partial charge on any atom is 3.00 e. The van der Waals surface area contributed by atoms with E-state index in [1.165, 1.54) is 0 Å². The first-order valence-electron chi connectivity index (χ1n) is 14.3. The van der Waals surface area contributed by atoms with E-state index in [0.717, 1.165) is 77.0 Å². The van der Waals surface area contributed by atoms with Crippen LogP contribution in [0.5, 0.6) is 0 Å². The van der Waals surface area contributed by atoms with Crippen molar-refractivity contribution in [2.24, 2.45) is 16.2 Å². The number of unbranched alkanes of at least 4 members (excludes halogenated alkanes) is 6. The van der Waals surface area contributed by atoms with Crippen molar-refractivity contribution in [3.05, 3.63) is 0 Å². The van der Waals surface area contributed by atoms with Gasteiger partial charge in [0.1, 0.15) is 0 Å². The van der Waals surface area contributed by atoms with Gasteiger partial charge in [-0.05, 0) is 38.5 Å². The van der Waals surface area contributed by atoms with Gasteiger partial charge >= 0.3 is 32.7 Å². The van der Waals surface area contributed by atoms with Gasteiger partial charge in [0.15, 0.2) is 0 Å². The van der Waals surface area contributed by atoms with E-state index in [0.29, 0.717) is 19.3 Å². The SMILES string of the molecule is CCCCCC(C)(CC)C(=O)[O-].CCCCCC(C)(CC)C(=O)[O-].CCCCCC(C)(CC)C(=O)[O-].[Y+3]. The molecular weight excluding hydrogens is 545 g/mol. The molecule has 0 rings (SSSR count). The molecule has 0 amide bonds. The molecule has 0 fully saturated rings. The molecule has 0 bridgehead atoms. The second kappa shape index (κ2) is 24.5. The molecule has 0 aromatic heterocycles. The second-order valence-electron chi connectivity index (χ2n) is 11.0. The van der Waals surface area contributed by atoms with Crippen molar-refractivity contribution in [1.82, 2.24) is 0 Å². The summed E-state index contributed by atoms with van der Waals surface area (Å²) in [5.74, 6) is -2.71. The Kier molecular flexibility index (Phi) is 28.9. The molecular formula is C30H57O6Y. The van der Waals surface area contributed by atoms with Crippen molar-refractivity contribution in [3.8, 4) is 0 Å². The van der Waals surface area contributed by atoms with Crippen LogP contribution in [0, 0.1) is 16.2 Å². The minimum atomic E-state index is -0.902. The summed E-state index contributed by atoms with van der Waals surface area (Å²) < 4.78 is 0. The van der Waals surface area contributed by atoms with Crippen LogP contribution in [0.4, 0.5) is 0 Å². The van der Waals surface area contributed by atoms with Crippen LogP contribution in [-0.4, -0.2) is 17.9 Å². The monoisotopic (exact) mass is 602 g/mol. The summed E-state index contributed by atoms with van der Waals surface area (Å²) in [6, 6.07) is 0. The second-order valence-corrected chi connectivity index (χ2v) is 11.0. The zero-order chi connectivity index (χ0) is 28.8. The van der Waals surface area contributed by atoms with Crippen LogP contribution in [-0.2, 0) is 47.1 Å². The Labute approximate surface area is 254 Å². The molecule has 0 aliphatic heterocycles. The average molecular weight is 603 g/mol. The first-order valence-corrected chi connectivity index (χ1v) is 14.3. The zero-order valence-electron chi connectivity index (χ0n) is 25.6. The zero-order valence-corrected chi connectivity index (χ0v) is 28.5. The molecule has 0 aromatic rings. The van der Waals surface area contributed by atoms with Crippen LogP contribution in [0.25, 0.3) is 0 Å². The summed E-state index contributed by atoms with van der Waals surface area (Å²) in [6.07, 6.45) is 14.0. The molecule has 0 spiro atoms. The quantitative estimate of drug-likeness (QED) is 0.199. The van der Waals surface area contributed by atoms with Crippen LogP contribution in [0.15, 0.2) is 0 Å². The standard InChI is InChI=1S/3C10H20O2.Y/c3*1-4-6-7-8-10(3,5-2)9(11)12;/h3*4-8H2,1-3H3,(H,11,12);/q;;;+3/p-3. The Morgan fingerprint density at radius 1 is 0.459 bits per heavy atom. The summed E-state index contributed by atoms with van der Waals surface area (Å²) in [4.78, 5) is 32.2. The smallest absolute Gasteiger partial charge is 0.550 e. The molecule has 0 N–H and O–H groups in total. The van der Waals surface area contributed by atoms with Crippen LogP contribution >= 0.6 is 0 Å². The minimum Gasteiger partial charge on any atom is -0.550 e. The molecule has 3 atom stereocenters. The number of carbonyl (C=O) groups excluding carboxylic acids is 3. The number of hydrogen-bond donors (Lipinski definition) is 0. The van der Waals surface area contributed by atoms with E-state index in [1.807, 2.05) is 20.8 Å². The third kappa shape index (κ3) is 20.1. The number of carbonyl (C=O) groups is 3. The largest absolute Gasteiger partial charge is 3.00 e. The summed E-state index contributed by atoms with van der Waals surface area (Å²) in [5, 5.41) is 32.2. The van der Waals surface area contributed by atoms with E-state index in [4.69, 9.17) is 0 Å². The van der Waals surface area contributed by atoms with Crippen LogP contribution < -0.4 is 15.3 Å². The Hall–Kier alpha value is -0.486. The number of carboxylic acid groups (broad SMARTS) is 3. The number of carboxylic acids is 3. The van der Waals surface area contributed by atoms with Crippen molar-refractivity contribution in [1.29, 1.82) is 0 Å². The Bertz CT molecular complexity index is 516. The van der Waals surface area contributed by atoms with Gasteiger partial charge in [-0.1, -0.05) is 120 Å². The Morgan fingerprint density at radius 2 is 0.649 bits per heavy atom. The van der Waals surface area contributed by atoms with Gasteiger partial charge in [-0.25, -0.2) is 0 Å². The topological polar surface area (TPSA) is 120 Å². The van der Waals surface area contributed by atoms with Crippen molar-refractivity contribution in [2.45, 2.75) is 159 Å². The van der Waals surface area contributed by atoms with E-state index in [9.17, 15) is 29.7 Å². The van der Waals surface area contributed by atoms with E-state index in [1.54, 1.807) is 20.8 Å². The van der Waals surface area contributed by atoms with Crippen LogP contribution in [0.2, 0.25) is 0 Å². The Balaban J connectivity index is -0.000000218. The van der Waals surface area contributed by atoms with Gasteiger partial charge in [-0.2, -0.15) is 0 Å². The van der Waals surface area contributed by atoms with E-state index in [2.05, 4.69) is 20.8 Å². The molecule has 0 aromatic carbocycles. The van der Waals surface area contributed by atoms with Crippen molar-refractivity contribution < 1.29 is 62.4 Å². The number of aliphatic carboxylic acids is 3. The van der Waals surface area contributed by atoms with Crippen LogP contribution in [0.1, 0.15) is 159 Å². The molecule has 0 aliphatic rings. The fourth-order valence-electron chi connectivity index (χ4n) is 3.57. The molecule has 0 radical (unpaired) electrons. The maximum absolute atomic E-state index is 10.7. The Morgan fingerprint density at radius 3 is 0.757 bits per heavy atom. The van der Waals surface area contributed by atoms with Crippen molar-refractivity contribution in [2.75, 3.05) is 0 Å². The number of rotatable bonds is 18. The summed E-state index contributed by atoms with van der Waals surface area (Å²) in [7, 11) is 0. The first kappa shape index (κ1) is 43.6. The predicted octanol–water partition coefficient (Wildman–Crippen LogP) is 5.20. The molecule has 37 heavy (non-hydrogen) atoms. The normalized spacial score (nSPS) is 15.2. The molecule has 3 unspecified atom stereocenters. The van der Waals surface area contributed by atoms with Gasteiger partial charge in [-0.3, -0.25) is 0 Å². The fourth-order valence-corrected chi connectivity index (χ4v) is 3.57. The first-order chi connectivity index (χ1) is 16.7. The average Bonchev–Trinajstić information content (AvgIpc) is 2.84.